The standard InChI is InChI=1S/C28H34F3N3O4/c1-2-38-23-16-32-18-27(23,21-11-13-26(37,14-12-21)20-8-4-3-5-9-20)34-24(35)17-33-25(36)19-7-6-10-22(15-19)28(29,30)31/h3-10,15,21,23,32,37H,2,11-14,16-18H2,1H3,(H,33,36)(H,34,35)/t21?,23-,26?,27+/m0/s1. The summed E-state index contributed by atoms with van der Waals surface area (Å²) in [5, 5.41) is 20.2. The SMILES string of the molecule is CCO[C@H]1CNC[C@@]1(NC(=O)CNC(=O)c1cccc(C(F)(F)F)c1)C1CCC(O)(c2ccccc2)CC1. The van der Waals surface area contributed by atoms with Crippen LogP contribution in [0.1, 0.15) is 54.1 Å². The van der Waals surface area contributed by atoms with Crippen LogP contribution in [0.15, 0.2) is 54.6 Å². The molecule has 0 aromatic heterocycles. The number of rotatable bonds is 8. The van der Waals surface area contributed by atoms with Gasteiger partial charge in [-0.25, -0.2) is 0 Å². The van der Waals surface area contributed by atoms with Gasteiger partial charge in [0.1, 0.15) is 0 Å². The first-order valence-electron chi connectivity index (χ1n) is 12.9. The fourth-order valence-electron chi connectivity index (χ4n) is 5.80. The van der Waals surface area contributed by atoms with Gasteiger partial charge in [0.15, 0.2) is 0 Å². The topological polar surface area (TPSA) is 99.7 Å². The van der Waals surface area contributed by atoms with E-state index in [0.717, 1.165) is 23.8 Å². The molecule has 1 saturated heterocycles. The second-order valence-corrected chi connectivity index (χ2v) is 10.1. The molecule has 4 N–H and O–H groups in total. The Labute approximate surface area is 220 Å². The molecule has 2 aliphatic rings. The van der Waals surface area contributed by atoms with Gasteiger partial charge in [0, 0.05) is 25.3 Å². The summed E-state index contributed by atoms with van der Waals surface area (Å²) in [5.74, 6) is -1.21. The quantitative estimate of drug-likeness (QED) is 0.417. The van der Waals surface area contributed by atoms with Crippen LogP contribution in [0.25, 0.3) is 0 Å². The minimum absolute atomic E-state index is 0.0150. The monoisotopic (exact) mass is 533 g/mol. The van der Waals surface area contributed by atoms with E-state index in [0.29, 0.717) is 45.4 Å². The van der Waals surface area contributed by atoms with Crippen molar-refractivity contribution in [2.75, 3.05) is 26.2 Å². The molecule has 0 bridgehead atoms. The van der Waals surface area contributed by atoms with Gasteiger partial charge < -0.3 is 25.8 Å². The van der Waals surface area contributed by atoms with Gasteiger partial charge in [0.25, 0.3) is 5.91 Å². The molecule has 38 heavy (non-hydrogen) atoms. The number of hydrogen-bond acceptors (Lipinski definition) is 5. The highest BCUT2D eigenvalue weighted by molar-refractivity contribution is 5.96. The van der Waals surface area contributed by atoms with Crippen LogP contribution < -0.4 is 16.0 Å². The molecule has 0 radical (unpaired) electrons. The highest BCUT2D eigenvalue weighted by atomic mass is 19.4. The van der Waals surface area contributed by atoms with Crippen molar-refractivity contribution in [3.63, 3.8) is 0 Å². The zero-order valence-electron chi connectivity index (χ0n) is 21.3. The van der Waals surface area contributed by atoms with E-state index in [4.69, 9.17) is 4.74 Å². The molecular formula is C28H34F3N3O4. The van der Waals surface area contributed by atoms with E-state index in [1.807, 2.05) is 37.3 Å². The lowest BCUT2D eigenvalue weighted by molar-refractivity contribution is -0.137. The predicted octanol–water partition coefficient (Wildman–Crippen LogP) is 3.38. The zero-order valence-corrected chi connectivity index (χ0v) is 21.3. The van der Waals surface area contributed by atoms with Crippen molar-refractivity contribution in [1.82, 2.24) is 16.0 Å². The molecule has 2 aromatic carbocycles. The van der Waals surface area contributed by atoms with Crippen molar-refractivity contribution in [2.24, 2.45) is 5.92 Å². The molecule has 10 heteroatoms. The highest BCUT2D eigenvalue weighted by Gasteiger charge is 2.52. The number of amides is 2. The molecule has 206 valence electrons. The van der Waals surface area contributed by atoms with Crippen molar-refractivity contribution >= 4 is 11.8 Å². The van der Waals surface area contributed by atoms with Crippen LogP contribution in [0.3, 0.4) is 0 Å². The van der Waals surface area contributed by atoms with Crippen molar-refractivity contribution in [3.05, 3.63) is 71.3 Å². The summed E-state index contributed by atoms with van der Waals surface area (Å²) in [6.45, 7) is 2.96. The summed E-state index contributed by atoms with van der Waals surface area (Å²) < 4.78 is 45.0. The average Bonchev–Trinajstić information content (AvgIpc) is 3.30. The van der Waals surface area contributed by atoms with Crippen molar-refractivity contribution in [1.29, 1.82) is 0 Å². The van der Waals surface area contributed by atoms with Gasteiger partial charge in [-0.1, -0.05) is 36.4 Å². The van der Waals surface area contributed by atoms with Crippen molar-refractivity contribution in [3.8, 4) is 0 Å². The number of hydrogen-bond donors (Lipinski definition) is 4. The van der Waals surface area contributed by atoms with E-state index in [9.17, 15) is 27.9 Å². The number of aliphatic hydroxyl groups is 1. The number of ether oxygens (including phenoxy) is 1. The minimum atomic E-state index is -4.57. The van der Waals surface area contributed by atoms with E-state index in [-0.39, 0.29) is 17.6 Å². The molecule has 0 unspecified atom stereocenters. The first-order chi connectivity index (χ1) is 18.1. The Morgan fingerprint density at radius 2 is 1.82 bits per heavy atom. The van der Waals surface area contributed by atoms with Crippen LogP contribution in [0.2, 0.25) is 0 Å². The summed E-state index contributed by atoms with van der Waals surface area (Å²) >= 11 is 0. The molecule has 2 aromatic rings. The molecule has 1 aliphatic carbocycles. The summed E-state index contributed by atoms with van der Waals surface area (Å²) in [7, 11) is 0. The Morgan fingerprint density at radius 3 is 2.47 bits per heavy atom. The smallest absolute Gasteiger partial charge is 0.385 e. The van der Waals surface area contributed by atoms with Crippen molar-refractivity contribution in [2.45, 2.75) is 56.0 Å². The summed E-state index contributed by atoms with van der Waals surface area (Å²) in [6, 6.07) is 13.6. The van der Waals surface area contributed by atoms with Gasteiger partial charge in [0.05, 0.1) is 29.4 Å². The van der Waals surface area contributed by atoms with Crippen LogP contribution in [0.4, 0.5) is 13.2 Å². The van der Waals surface area contributed by atoms with E-state index in [1.54, 1.807) is 0 Å². The first kappa shape index (κ1) is 28.1. The largest absolute Gasteiger partial charge is 0.416 e. The third-order valence-corrected chi connectivity index (χ3v) is 7.78. The summed E-state index contributed by atoms with van der Waals surface area (Å²) in [4.78, 5) is 25.6. The lowest BCUT2D eigenvalue weighted by Crippen LogP contribution is -2.64. The lowest BCUT2D eigenvalue weighted by atomic mass is 9.67. The predicted molar refractivity (Wildman–Crippen MR) is 135 cm³/mol. The lowest BCUT2D eigenvalue weighted by Gasteiger charge is -2.47. The number of alkyl halides is 3. The molecule has 7 nitrogen and oxygen atoms in total. The first-order valence-corrected chi connectivity index (χ1v) is 12.9. The maximum absolute atomic E-state index is 13.1. The third-order valence-electron chi connectivity index (χ3n) is 7.78. The van der Waals surface area contributed by atoms with E-state index in [2.05, 4.69) is 16.0 Å². The molecule has 2 atom stereocenters. The molecule has 1 heterocycles. The second kappa shape index (κ2) is 11.4. The molecule has 2 fully saturated rings. The molecule has 0 spiro atoms. The van der Waals surface area contributed by atoms with Crippen LogP contribution in [0, 0.1) is 5.92 Å². The highest BCUT2D eigenvalue weighted by Crippen LogP contribution is 2.45. The van der Waals surface area contributed by atoms with Crippen LogP contribution in [-0.2, 0) is 21.3 Å². The van der Waals surface area contributed by atoms with Gasteiger partial charge >= 0.3 is 6.18 Å². The normalized spacial score (nSPS) is 27.6. The third kappa shape index (κ3) is 6.03. The van der Waals surface area contributed by atoms with Gasteiger partial charge in [0.2, 0.25) is 5.91 Å². The minimum Gasteiger partial charge on any atom is -0.385 e. The fraction of sp³-hybridized carbons (Fsp3) is 0.500. The van der Waals surface area contributed by atoms with Gasteiger partial charge in [-0.2, -0.15) is 13.2 Å². The van der Waals surface area contributed by atoms with Gasteiger partial charge in [-0.05, 0) is 62.3 Å². The summed E-state index contributed by atoms with van der Waals surface area (Å²) in [6.07, 6.45) is -2.49. The van der Waals surface area contributed by atoms with E-state index in [1.165, 1.54) is 6.07 Å². The second-order valence-electron chi connectivity index (χ2n) is 10.1. The molecule has 4 rings (SSSR count). The maximum atomic E-state index is 13.1. The summed E-state index contributed by atoms with van der Waals surface area (Å²) in [5.41, 5.74) is -1.91. The molecule has 1 aliphatic heterocycles. The Balaban J connectivity index is 1.44. The number of benzene rings is 2. The average molecular weight is 534 g/mol. The van der Waals surface area contributed by atoms with E-state index < -0.39 is 41.2 Å². The number of halogens is 3. The van der Waals surface area contributed by atoms with Crippen LogP contribution in [0.5, 0.6) is 0 Å². The number of carbonyl (C=O) groups excluding carboxylic acids is 2. The zero-order chi connectivity index (χ0) is 27.4. The van der Waals surface area contributed by atoms with Gasteiger partial charge in [-0.3, -0.25) is 9.59 Å². The molecular weight excluding hydrogens is 499 g/mol. The molecule has 1 saturated carbocycles. The number of carbonyl (C=O) groups is 2. The van der Waals surface area contributed by atoms with Crippen molar-refractivity contribution < 1.29 is 32.6 Å². The van der Waals surface area contributed by atoms with E-state index >= 15 is 0 Å². The van der Waals surface area contributed by atoms with Crippen LogP contribution >= 0.6 is 0 Å². The Morgan fingerprint density at radius 1 is 1.11 bits per heavy atom. The Kier molecular flexibility index (Phi) is 8.44. The molecule has 2 amide bonds. The Hall–Kier alpha value is -2.95. The maximum Gasteiger partial charge on any atom is 0.416 e. The Bertz CT molecular complexity index is 1120. The number of nitrogens with one attached hydrogen (secondary N) is 3. The van der Waals surface area contributed by atoms with Crippen LogP contribution in [-0.4, -0.2) is 54.8 Å². The van der Waals surface area contributed by atoms with Gasteiger partial charge in [-0.15, -0.1) is 0 Å². The fourth-order valence-corrected chi connectivity index (χ4v) is 5.80.